The van der Waals surface area contributed by atoms with Crippen LogP contribution in [0, 0.1) is 0 Å². The summed E-state index contributed by atoms with van der Waals surface area (Å²) in [5.41, 5.74) is 0. The third-order valence-electron chi connectivity index (χ3n) is 4.25. The number of amides is 4. The Labute approximate surface area is 136 Å². The van der Waals surface area contributed by atoms with Crippen molar-refractivity contribution in [1.82, 2.24) is 19.6 Å². The molecule has 0 aromatic carbocycles. The zero-order valence-corrected chi connectivity index (χ0v) is 13.9. The number of imide groups is 1. The van der Waals surface area contributed by atoms with E-state index in [0.29, 0.717) is 39.0 Å². The fraction of sp³-hybridized carbons (Fsp3) is 0.800. The lowest BCUT2D eigenvalue weighted by atomic mass is 10.2. The van der Waals surface area contributed by atoms with Gasteiger partial charge in [-0.3, -0.25) is 19.4 Å². The summed E-state index contributed by atoms with van der Waals surface area (Å²) in [4.78, 5) is 42.1. The molecule has 2 saturated heterocycles. The summed E-state index contributed by atoms with van der Waals surface area (Å²) in [6.07, 6.45) is 0.487. The molecule has 0 aromatic heterocycles. The summed E-state index contributed by atoms with van der Waals surface area (Å²) in [5, 5.41) is 9.38. The number of hydrogen-bond acceptors (Lipinski definition) is 5. The summed E-state index contributed by atoms with van der Waals surface area (Å²) >= 11 is 0. The molecule has 4 amide bonds. The van der Waals surface area contributed by atoms with E-state index < -0.39 is 0 Å². The first-order valence-electron chi connectivity index (χ1n) is 8.12. The van der Waals surface area contributed by atoms with Crippen molar-refractivity contribution < 1.29 is 19.5 Å². The maximum absolute atomic E-state index is 12.2. The minimum absolute atomic E-state index is 0.0640. The number of urea groups is 1. The van der Waals surface area contributed by atoms with Crippen molar-refractivity contribution >= 4 is 17.8 Å². The minimum atomic E-state index is -0.356. The average molecular weight is 326 g/mol. The quantitative estimate of drug-likeness (QED) is 0.645. The lowest BCUT2D eigenvalue weighted by Gasteiger charge is -2.35. The predicted molar refractivity (Wildman–Crippen MR) is 83.7 cm³/mol. The summed E-state index contributed by atoms with van der Waals surface area (Å²) < 4.78 is 0. The Morgan fingerprint density at radius 2 is 1.87 bits per heavy atom. The highest BCUT2D eigenvalue weighted by Crippen LogP contribution is 2.11. The number of carbonyl (C=O) groups excluding carboxylic acids is 3. The normalized spacial score (nSPS) is 21.3. The van der Waals surface area contributed by atoms with Crippen LogP contribution in [0.15, 0.2) is 0 Å². The Morgan fingerprint density at radius 1 is 1.22 bits per heavy atom. The van der Waals surface area contributed by atoms with E-state index in [-0.39, 0.29) is 30.5 Å². The van der Waals surface area contributed by atoms with E-state index >= 15 is 0 Å². The van der Waals surface area contributed by atoms with Gasteiger partial charge in [0.25, 0.3) is 0 Å². The SMILES string of the molecule is C[C@H](O)CN1CCN(C(=O)CCCN2C(=O)CN(C)C2=O)CC1. The van der Waals surface area contributed by atoms with Gasteiger partial charge in [-0.1, -0.05) is 0 Å². The second-order valence-corrected chi connectivity index (χ2v) is 6.32. The van der Waals surface area contributed by atoms with Crippen molar-refractivity contribution in [3.05, 3.63) is 0 Å². The first-order valence-corrected chi connectivity index (χ1v) is 8.12. The molecule has 2 fully saturated rings. The van der Waals surface area contributed by atoms with E-state index in [2.05, 4.69) is 4.90 Å². The van der Waals surface area contributed by atoms with Gasteiger partial charge >= 0.3 is 6.03 Å². The van der Waals surface area contributed by atoms with Gasteiger partial charge < -0.3 is 14.9 Å². The Morgan fingerprint density at radius 3 is 2.39 bits per heavy atom. The fourth-order valence-electron chi connectivity index (χ4n) is 2.99. The van der Waals surface area contributed by atoms with Crippen LogP contribution in [0.3, 0.4) is 0 Å². The van der Waals surface area contributed by atoms with Gasteiger partial charge in [-0.05, 0) is 13.3 Å². The van der Waals surface area contributed by atoms with E-state index in [9.17, 15) is 19.5 Å². The fourth-order valence-corrected chi connectivity index (χ4v) is 2.99. The molecule has 8 nitrogen and oxygen atoms in total. The lowest BCUT2D eigenvalue weighted by molar-refractivity contribution is -0.133. The van der Waals surface area contributed by atoms with Gasteiger partial charge in [0.15, 0.2) is 0 Å². The maximum atomic E-state index is 12.2. The van der Waals surface area contributed by atoms with Crippen LogP contribution in [0.1, 0.15) is 19.8 Å². The number of β-amino-alcohol motifs (C(OH)–C–C–N with tert-alkyl or cyclic N) is 1. The molecule has 1 N–H and O–H groups in total. The molecule has 1 atom stereocenters. The molecule has 0 radical (unpaired) electrons. The molecule has 2 rings (SSSR count). The number of nitrogens with zero attached hydrogens (tertiary/aromatic N) is 4. The highest BCUT2D eigenvalue weighted by Gasteiger charge is 2.33. The monoisotopic (exact) mass is 326 g/mol. The molecule has 8 heteroatoms. The van der Waals surface area contributed by atoms with Crippen molar-refractivity contribution in [2.24, 2.45) is 0 Å². The third kappa shape index (κ3) is 4.65. The van der Waals surface area contributed by atoms with Crippen LogP contribution >= 0.6 is 0 Å². The van der Waals surface area contributed by atoms with Crippen molar-refractivity contribution in [2.45, 2.75) is 25.9 Å². The summed E-state index contributed by atoms with van der Waals surface area (Å²) in [6, 6.07) is -0.283. The van der Waals surface area contributed by atoms with Gasteiger partial charge in [0.2, 0.25) is 11.8 Å². The second-order valence-electron chi connectivity index (χ2n) is 6.32. The number of aliphatic hydroxyl groups is 1. The standard InChI is InChI=1S/C15H26N4O4/c1-12(20)10-17-6-8-18(9-7-17)13(21)4-3-5-19-14(22)11-16(2)15(19)23/h12,20H,3-11H2,1-2H3/t12-/m0/s1. The van der Waals surface area contributed by atoms with Crippen molar-refractivity contribution in [2.75, 3.05) is 52.9 Å². The molecule has 0 aliphatic carbocycles. The van der Waals surface area contributed by atoms with Crippen molar-refractivity contribution in [3.8, 4) is 0 Å². The van der Waals surface area contributed by atoms with E-state index in [1.807, 2.05) is 4.90 Å². The number of likely N-dealkylation sites (N-methyl/N-ethyl adjacent to an activating group) is 1. The first-order chi connectivity index (χ1) is 10.9. The number of rotatable bonds is 6. The molecule has 0 aromatic rings. The van der Waals surface area contributed by atoms with Crippen LogP contribution in [0.5, 0.6) is 0 Å². The van der Waals surface area contributed by atoms with E-state index in [1.165, 1.54) is 9.80 Å². The van der Waals surface area contributed by atoms with Gasteiger partial charge in [0.1, 0.15) is 6.54 Å². The number of hydrogen-bond donors (Lipinski definition) is 1. The molecule has 23 heavy (non-hydrogen) atoms. The second kappa shape index (κ2) is 7.74. The van der Waals surface area contributed by atoms with Crippen molar-refractivity contribution in [3.63, 3.8) is 0 Å². The van der Waals surface area contributed by atoms with Crippen LogP contribution in [0.2, 0.25) is 0 Å². The maximum Gasteiger partial charge on any atom is 0.326 e. The molecular weight excluding hydrogens is 300 g/mol. The van der Waals surface area contributed by atoms with Gasteiger partial charge in [0, 0.05) is 52.7 Å². The van der Waals surface area contributed by atoms with Crippen LogP contribution in [0.4, 0.5) is 4.79 Å². The molecule has 2 aliphatic heterocycles. The lowest BCUT2D eigenvalue weighted by Crippen LogP contribution is -2.50. The van der Waals surface area contributed by atoms with Crippen LogP contribution in [-0.2, 0) is 9.59 Å². The smallest absolute Gasteiger partial charge is 0.326 e. The Balaban J connectivity index is 1.68. The summed E-state index contributed by atoms with van der Waals surface area (Å²) in [6.45, 7) is 5.68. The molecule has 2 heterocycles. The molecule has 0 saturated carbocycles. The molecule has 0 bridgehead atoms. The van der Waals surface area contributed by atoms with Gasteiger partial charge in [-0.2, -0.15) is 0 Å². The van der Waals surface area contributed by atoms with Crippen molar-refractivity contribution in [1.29, 1.82) is 0 Å². The van der Waals surface area contributed by atoms with E-state index in [4.69, 9.17) is 0 Å². The van der Waals surface area contributed by atoms with E-state index in [0.717, 1.165) is 13.1 Å². The molecule has 2 aliphatic rings. The first kappa shape index (κ1) is 17.7. The Bertz CT molecular complexity index is 460. The average Bonchev–Trinajstić information content (AvgIpc) is 2.73. The minimum Gasteiger partial charge on any atom is -0.392 e. The van der Waals surface area contributed by atoms with Gasteiger partial charge in [-0.25, -0.2) is 4.79 Å². The van der Waals surface area contributed by atoms with Gasteiger partial charge in [-0.15, -0.1) is 0 Å². The zero-order valence-electron chi connectivity index (χ0n) is 13.9. The summed E-state index contributed by atoms with van der Waals surface area (Å²) in [5.74, 6) is -0.133. The Kier molecular flexibility index (Phi) is 5.95. The predicted octanol–water partition coefficient (Wildman–Crippen LogP) is -0.814. The third-order valence-corrected chi connectivity index (χ3v) is 4.25. The Hall–Kier alpha value is -1.67. The molecular formula is C15H26N4O4. The topological polar surface area (TPSA) is 84.4 Å². The van der Waals surface area contributed by atoms with Crippen LogP contribution in [-0.4, -0.2) is 102 Å². The van der Waals surface area contributed by atoms with E-state index in [1.54, 1.807) is 14.0 Å². The molecule has 0 unspecified atom stereocenters. The molecule has 0 spiro atoms. The largest absolute Gasteiger partial charge is 0.392 e. The van der Waals surface area contributed by atoms with Gasteiger partial charge in [0.05, 0.1) is 6.10 Å². The zero-order chi connectivity index (χ0) is 17.0. The molecule has 130 valence electrons. The van der Waals surface area contributed by atoms with Crippen LogP contribution < -0.4 is 0 Å². The summed E-state index contributed by atoms with van der Waals surface area (Å²) in [7, 11) is 1.60. The number of carbonyl (C=O) groups is 3. The highest BCUT2D eigenvalue weighted by molar-refractivity contribution is 6.01. The number of piperazine rings is 1. The van der Waals surface area contributed by atoms with Crippen LogP contribution in [0.25, 0.3) is 0 Å². The number of aliphatic hydroxyl groups excluding tert-OH is 1. The highest BCUT2D eigenvalue weighted by atomic mass is 16.3.